The molecule has 1 aromatic carbocycles. The van der Waals surface area contributed by atoms with Crippen molar-refractivity contribution in [2.24, 2.45) is 5.92 Å². The molecule has 0 spiro atoms. The molecule has 0 aliphatic carbocycles. The average Bonchev–Trinajstić information content (AvgIpc) is 2.33. The van der Waals surface area contributed by atoms with Crippen molar-refractivity contribution in [2.75, 3.05) is 13.1 Å². The standard InChI is InChI=1S/C17H29N/c1-5-18-13-17(11-6-8-14(2)3)16-10-7-9-15(4)12-16/h7,9-10,12,14,17-18H,5-6,8,11,13H2,1-4H3. The molecule has 0 saturated heterocycles. The van der Waals surface area contributed by atoms with Gasteiger partial charge in [0, 0.05) is 6.54 Å². The summed E-state index contributed by atoms with van der Waals surface area (Å²) < 4.78 is 0. The highest BCUT2D eigenvalue weighted by atomic mass is 14.8. The fourth-order valence-corrected chi connectivity index (χ4v) is 2.40. The van der Waals surface area contributed by atoms with Crippen LogP contribution in [-0.2, 0) is 0 Å². The van der Waals surface area contributed by atoms with Crippen LogP contribution >= 0.6 is 0 Å². The minimum absolute atomic E-state index is 0.670. The number of rotatable bonds is 8. The second-order valence-electron chi connectivity index (χ2n) is 5.74. The minimum atomic E-state index is 0.670. The largest absolute Gasteiger partial charge is 0.316 e. The van der Waals surface area contributed by atoms with Crippen molar-refractivity contribution in [3.63, 3.8) is 0 Å². The maximum absolute atomic E-state index is 3.50. The summed E-state index contributed by atoms with van der Waals surface area (Å²) in [6.07, 6.45) is 3.98. The third-order valence-electron chi connectivity index (χ3n) is 3.49. The SMILES string of the molecule is CCNCC(CCCC(C)C)c1cccc(C)c1. The van der Waals surface area contributed by atoms with Crippen LogP contribution in [0.2, 0.25) is 0 Å². The Morgan fingerprint density at radius 1 is 1.17 bits per heavy atom. The molecule has 18 heavy (non-hydrogen) atoms. The lowest BCUT2D eigenvalue weighted by atomic mass is 9.91. The van der Waals surface area contributed by atoms with Crippen molar-refractivity contribution in [1.29, 1.82) is 0 Å². The summed E-state index contributed by atoms with van der Waals surface area (Å²) in [6, 6.07) is 9.00. The zero-order valence-corrected chi connectivity index (χ0v) is 12.5. The molecule has 0 heterocycles. The monoisotopic (exact) mass is 247 g/mol. The fraction of sp³-hybridized carbons (Fsp3) is 0.647. The molecule has 0 amide bonds. The average molecular weight is 247 g/mol. The summed E-state index contributed by atoms with van der Waals surface area (Å²) in [5.41, 5.74) is 2.87. The van der Waals surface area contributed by atoms with Crippen LogP contribution in [-0.4, -0.2) is 13.1 Å². The Balaban J connectivity index is 2.59. The molecule has 1 atom stereocenters. The second-order valence-corrected chi connectivity index (χ2v) is 5.74. The molecule has 102 valence electrons. The highest BCUT2D eigenvalue weighted by Gasteiger charge is 2.11. The van der Waals surface area contributed by atoms with E-state index in [1.807, 2.05) is 0 Å². The summed E-state index contributed by atoms with van der Waals surface area (Å²) in [6.45, 7) is 11.2. The van der Waals surface area contributed by atoms with E-state index in [2.05, 4.69) is 57.3 Å². The van der Waals surface area contributed by atoms with Crippen LogP contribution in [0.5, 0.6) is 0 Å². The number of hydrogen-bond donors (Lipinski definition) is 1. The summed E-state index contributed by atoms with van der Waals surface area (Å²) in [4.78, 5) is 0. The first-order valence-corrected chi connectivity index (χ1v) is 7.40. The first-order chi connectivity index (χ1) is 8.63. The van der Waals surface area contributed by atoms with Gasteiger partial charge in [0.2, 0.25) is 0 Å². The molecule has 1 nitrogen and oxygen atoms in total. The molecule has 1 rings (SSSR count). The van der Waals surface area contributed by atoms with Gasteiger partial charge in [-0.15, -0.1) is 0 Å². The van der Waals surface area contributed by atoms with Crippen LogP contribution in [0.4, 0.5) is 0 Å². The van der Waals surface area contributed by atoms with Gasteiger partial charge in [-0.1, -0.05) is 63.4 Å². The molecule has 1 unspecified atom stereocenters. The molecular formula is C17H29N. The molecule has 0 radical (unpaired) electrons. The van der Waals surface area contributed by atoms with Crippen LogP contribution in [0.1, 0.15) is 57.1 Å². The topological polar surface area (TPSA) is 12.0 Å². The maximum Gasteiger partial charge on any atom is 0.00200 e. The highest BCUT2D eigenvalue weighted by Crippen LogP contribution is 2.23. The second kappa shape index (κ2) is 8.31. The van der Waals surface area contributed by atoms with E-state index in [0.29, 0.717) is 5.92 Å². The summed E-state index contributed by atoms with van der Waals surface area (Å²) >= 11 is 0. The van der Waals surface area contributed by atoms with E-state index in [1.54, 1.807) is 0 Å². The van der Waals surface area contributed by atoms with Crippen molar-refractivity contribution in [2.45, 2.75) is 52.9 Å². The van der Waals surface area contributed by atoms with E-state index in [1.165, 1.54) is 30.4 Å². The minimum Gasteiger partial charge on any atom is -0.316 e. The van der Waals surface area contributed by atoms with Gasteiger partial charge in [-0.25, -0.2) is 0 Å². The Morgan fingerprint density at radius 2 is 1.94 bits per heavy atom. The van der Waals surface area contributed by atoms with Crippen molar-refractivity contribution in [3.8, 4) is 0 Å². The molecule has 0 fully saturated rings. The van der Waals surface area contributed by atoms with E-state index in [-0.39, 0.29) is 0 Å². The number of benzene rings is 1. The van der Waals surface area contributed by atoms with E-state index in [0.717, 1.165) is 19.0 Å². The lowest BCUT2D eigenvalue weighted by Crippen LogP contribution is -2.21. The summed E-state index contributed by atoms with van der Waals surface area (Å²) in [7, 11) is 0. The van der Waals surface area contributed by atoms with Gasteiger partial charge in [-0.3, -0.25) is 0 Å². The smallest absolute Gasteiger partial charge is 0.00200 e. The molecule has 0 saturated carbocycles. The molecule has 1 heteroatoms. The zero-order chi connectivity index (χ0) is 13.4. The third-order valence-corrected chi connectivity index (χ3v) is 3.49. The maximum atomic E-state index is 3.50. The predicted octanol–water partition coefficient (Wildman–Crippen LogP) is 4.51. The first-order valence-electron chi connectivity index (χ1n) is 7.40. The molecule has 0 bridgehead atoms. The fourth-order valence-electron chi connectivity index (χ4n) is 2.40. The van der Waals surface area contributed by atoms with Crippen LogP contribution in [0.3, 0.4) is 0 Å². The van der Waals surface area contributed by atoms with Gasteiger partial charge in [0.1, 0.15) is 0 Å². The molecule has 0 aromatic heterocycles. The normalized spacial score (nSPS) is 12.9. The lowest BCUT2D eigenvalue weighted by Gasteiger charge is -2.19. The van der Waals surface area contributed by atoms with Crippen LogP contribution in [0, 0.1) is 12.8 Å². The van der Waals surface area contributed by atoms with Crippen LogP contribution in [0.25, 0.3) is 0 Å². The Bertz CT molecular complexity index is 330. The summed E-state index contributed by atoms with van der Waals surface area (Å²) in [5, 5.41) is 3.50. The van der Waals surface area contributed by atoms with Crippen molar-refractivity contribution < 1.29 is 0 Å². The van der Waals surface area contributed by atoms with E-state index < -0.39 is 0 Å². The van der Waals surface area contributed by atoms with Crippen molar-refractivity contribution in [1.82, 2.24) is 5.32 Å². The van der Waals surface area contributed by atoms with Gasteiger partial charge in [0.05, 0.1) is 0 Å². The Labute approximate surface area is 113 Å². The number of aryl methyl sites for hydroxylation is 1. The van der Waals surface area contributed by atoms with Gasteiger partial charge in [0.25, 0.3) is 0 Å². The Morgan fingerprint density at radius 3 is 2.56 bits per heavy atom. The van der Waals surface area contributed by atoms with E-state index >= 15 is 0 Å². The Hall–Kier alpha value is -0.820. The van der Waals surface area contributed by atoms with E-state index in [4.69, 9.17) is 0 Å². The first kappa shape index (κ1) is 15.2. The number of likely N-dealkylation sites (N-methyl/N-ethyl adjacent to an activating group) is 1. The predicted molar refractivity (Wildman–Crippen MR) is 81.2 cm³/mol. The van der Waals surface area contributed by atoms with Gasteiger partial charge in [-0.2, -0.15) is 0 Å². The van der Waals surface area contributed by atoms with Gasteiger partial charge in [-0.05, 0) is 37.3 Å². The van der Waals surface area contributed by atoms with Crippen LogP contribution in [0.15, 0.2) is 24.3 Å². The molecule has 0 aliphatic rings. The van der Waals surface area contributed by atoms with Gasteiger partial charge < -0.3 is 5.32 Å². The lowest BCUT2D eigenvalue weighted by molar-refractivity contribution is 0.483. The zero-order valence-electron chi connectivity index (χ0n) is 12.5. The highest BCUT2D eigenvalue weighted by molar-refractivity contribution is 5.25. The molecule has 1 N–H and O–H groups in total. The summed E-state index contributed by atoms with van der Waals surface area (Å²) in [5.74, 6) is 1.49. The van der Waals surface area contributed by atoms with Crippen molar-refractivity contribution in [3.05, 3.63) is 35.4 Å². The Kier molecular flexibility index (Phi) is 7.04. The third kappa shape index (κ3) is 5.68. The molecular weight excluding hydrogens is 218 g/mol. The molecule has 1 aromatic rings. The van der Waals surface area contributed by atoms with Gasteiger partial charge >= 0.3 is 0 Å². The quantitative estimate of drug-likeness (QED) is 0.712. The molecule has 0 aliphatic heterocycles. The van der Waals surface area contributed by atoms with Crippen LogP contribution < -0.4 is 5.32 Å². The number of hydrogen-bond acceptors (Lipinski definition) is 1. The number of nitrogens with one attached hydrogen (secondary N) is 1. The van der Waals surface area contributed by atoms with Crippen molar-refractivity contribution >= 4 is 0 Å². The van der Waals surface area contributed by atoms with Gasteiger partial charge in [0.15, 0.2) is 0 Å². The van der Waals surface area contributed by atoms with E-state index in [9.17, 15) is 0 Å².